The predicted molar refractivity (Wildman–Crippen MR) is 101 cm³/mol. The molecule has 138 valence electrons. The summed E-state index contributed by atoms with van der Waals surface area (Å²) < 4.78 is 33.8. The van der Waals surface area contributed by atoms with E-state index < -0.39 is 11.2 Å². The van der Waals surface area contributed by atoms with Gasteiger partial charge in [-0.25, -0.2) is 8.78 Å². The van der Waals surface area contributed by atoms with Gasteiger partial charge in [0.15, 0.2) is 0 Å². The van der Waals surface area contributed by atoms with Gasteiger partial charge in [-0.05, 0) is 55.0 Å². The second-order valence-electron chi connectivity index (χ2n) is 6.95. The zero-order valence-electron chi connectivity index (χ0n) is 14.8. The molecule has 0 heterocycles. The van der Waals surface area contributed by atoms with E-state index in [0.717, 1.165) is 24.5 Å². The maximum Gasteiger partial charge on any atom is 0.127 e. The van der Waals surface area contributed by atoms with Crippen LogP contribution >= 0.6 is 0 Å². The Morgan fingerprint density at radius 1 is 1.08 bits per heavy atom. The molecule has 0 unspecified atom stereocenters. The maximum absolute atomic E-state index is 14.2. The molecule has 0 aromatic heterocycles. The van der Waals surface area contributed by atoms with Crippen molar-refractivity contribution in [1.29, 1.82) is 0 Å². The quantitative estimate of drug-likeness (QED) is 0.803. The third kappa shape index (κ3) is 4.37. The molecule has 0 amide bonds. The van der Waals surface area contributed by atoms with E-state index in [0.29, 0.717) is 31.6 Å². The highest BCUT2D eigenvalue weighted by molar-refractivity contribution is 5.48. The van der Waals surface area contributed by atoms with Gasteiger partial charge in [-0.15, -0.1) is 0 Å². The van der Waals surface area contributed by atoms with E-state index in [1.54, 1.807) is 0 Å². The largest absolute Gasteiger partial charge is 0.374 e. The highest BCUT2D eigenvalue weighted by atomic mass is 19.1. The molecule has 2 N–H and O–H groups in total. The van der Waals surface area contributed by atoms with Crippen molar-refractivity contribution in [1.82, 2.24) is 0 Å². The van der Waals surface area contributed by atoms with Crippen LogP contribution in [0.2, 0.25) is 0 Å². The van der Waals surface area contributed by atoms with Gasteiger partial charge in [0.1, 0.15) is 11.6 Å². The van der Waals surface area contributed by atoms with Gasteiger partial charge in [0.05, 0.1) is 12.7 Å². The first-order valence-corrected chi connectivity index (χ1v) is 9.12. The highest BCUT2D eigenvalue weighted by Gasteiger charge is 2.38. The first-order valence-electron chi connectivity index (χ1n) is 9.12. The fraction of sp³-hybridized carbons (Fsp3) is 0.364. The van der Waals surface area contributed by atoms with Crippen molar-refractivity contribution in [3.8, 4) is 0 Å². The van der Waals surface area contributed by atoms with E-state index >= 15 is 0 Å². The summed E-state index contributed by atoms with van der Waals surface area (Å²) in [5.41, 5.74) is 7.03. The van der Waals surface area contributed by atoms with Gasteiger partial charge in [0, 0.05) is 12.0 Å². The monoisotopic (exact) mass is 357 g/mol. The number of hydrogen-bond acceptors (Lipinski definition) is 2. The van der Waals surface area contributed by atoms with Gasteiger partial charge in [0.2, 0.25) is 0 Å². The SMILES string of the molecule is NC[C@]1(c2cc(F)ccc2F)CC[C@H](OC/C=C/c2ccccc2)CC1. The summed E-state index contributed by atoms with van der Waals surface area (Å²) >= 11 is 0. The average Bonchev–Trinajstić information content (AvgIpc) is 2.68. The number of hydrogen-bond donors (Lipinski definition) is 1. The standard InChI is InChI=1S/C22H25F2NO/c23-18-8-9-21(24)20(15-18)22(16-25)12-10-19(11-13-22)26-14-4-7-17-5-2-1-3-6-17/h1-9,15,19H,10-14,16,25H2/b7-4+/t19-,22-. The molecule has 2 aromatic rings. The number of halogens is 2. The Hall–Kier alpha value is -2.04. The topological polar surface area (TPSA) is 35.2 Å². The molecule has 1 aliphatic carbocycles. The number of rotatable bonds is 6. The summed E-state index contributed by atoms with van der Waals surface area (Å²) in [5, 5.41) is 0. The van der Waals surface area contributed by atoms with Gasteiger partial charge >= 0.3 is 0 Å². The molecular formula is C22H25F2NO. The van der Waals surface area contributed by atoms with Crippen molar-refractivity contribution < 1.29 is 13.5 Å². The molecule has 0 radical (unpaired) electrons. The molecule has 4 heteroatoms. The minimum Gasteiger partial charge on any atom is -0.374 e. The molecule has 0 bridgehead atoms. The maximum atomic E-state index is 14.2. The molecular weight excluding hydrogens is 332 g/mol. The lowest BCUT2D eigenvalue weighted by Crippen LogP contribution is -2.41. The Morgan fingerprint density at radius 3 is 2.50 bits per heavy atom. The minimum absolute atomic E-state index is 0.131. The molecule has 3 rings (SSSR count). The van der Waals surface area contributed by atoms with E-state index in [9.17, 15) is 8.78 Å². The third-order valence-electron chi connectivity index (χ3n) is 5.32. The van der Waals surface area contributed by atoms with Crippen LogP contribution in [0.1, 0.15) is 36.8 Å². The van der Waals surface area contributed by atoms with Gasteiger partial charge in [0.25, 0.3) is 0 Å². The second-order valence-corrected chi connectivity index (χ2v) is 6.95. The minimum atomic E-state index is -0.494. The van der Waals surface area contributed by atoms with Crippen molar-refractivity contribution in [3.05, 3.63) is 77.4 Å². The normalized spacial score (nSPS) is 23.4. The fourth-order valence-electron chi connectivity index (χ4n) is 3.74. The van der Waals surface area contributed by atoms with Crippen LogP contribution in [-0.2, 0) is 10.2 Å². The summed E-state index contributed by atoms with van der Waals surface area (Å²) in [7, 11) is 0. The van der Waals surface area contributed by atoms with Crippen LogP contribution in [0.5, 0.6) is 0 Å². The molecule has 26 heavy (non-hydrogen) atoms. The Morgan fingerprint density at radius 2 is 1.81 bits per heavy atom. The Kier molecular flexibility index (Phi) is 6.17. The molecule has 1 saturated carbocycles. The van der Waals surface area contributed by atoms with Crippen LogP contribution in [0.25, 0.3) is 6.08 Å². The number of benzene rings is 2. The lowest BCUT2D eigenvalue weighted by Gasteiger charge is -2.40. The Balaban J connectivity index is 1.56. The van der Waals surface area contributed by atoms with Crippen LogP contribution < -0.4 is 5.73 Å². The van der Waals surface area contributed by atoms with Gasteiger partial charge in [-0.3, -0.25) is 0 Å². The van der Waals surface area contributed by atoms with E-state index in [4.69, 9.17) is 10.5 Å². The number of nitrogens with two attached hydrogens (primary N) is 1. The highest BCUT2D eigenvalue weighted by Crippen LogP contribution is 2.40. The van der Waals surface area contributed by atoms with E-state index in [1.807, 2.05) is 42.5 Å². The molecule has 0 aliphatic heterocycles. The molecule has 0 saturated heterocycles. The fourth-order valence-corrected chi connectivity index (χ4v) is 3.74. The molecule has 2 nitrogen and oxygen atoms in total. The number of ether oxygens (including phenoxy) is 1. The summed E-state index contributed by atoms with van der Waals surface area (Å²) in [4.78, 5) is 0. The predicted octanol–water partition coefficient (Wildman–Crippen LogP) is 4.83. The lowest BCUT2D eigenvalue weighted by molar-refractivity contribution is 0.0284. The average molecular weight is 357 g/mol. The van der Waals surface area contributed by atoms with Crippen molar-refractivity contribution in [2.24, 2.45) is 5.73 Å². The van der Waals surface area contributed by atoms with Crippen molar-refractivity contribution >= 4 is 6.08 Å². The zero-order chi connectivity index (χ0) is 18.4. The van der Waals surface area contributed by atoms with Gasteiger partial charge < -0.3 is 10.5 Å². The van der Waals surface area contributed by atoms with Crippen LogP contribution in [0, 0.1) is 11.6 Å². The summed E-state index contributed by atoms with van der Waals surface area (Å²) in [6.07, 6.45) is 7.18. The zero-order valence-corrected chi connectivity index (χ0v) is 14.8. The van der Waals surface area contributed by atoms with Gasteiger partial charge in [-0.1, -0.05) is 42.5 Å². The van der Waals surface area contributed by atoms with Crippen molar-refractivity contribution in [2.75, 3.05) is 13.2 Å². The first-order chi connectivity index (χ1) is 12.6. The van der Waals surface area contributed by atoms with Crippen molar-refractivity contribution in [2.45, 2.75) is 37.2 Å². The summed E-state index contributed by atoms with van der Waals surface area (Å²) in [5.74, 6) is -0.791. The molecule has 1 aliphatic rings. The second kappa shape index (κ2) is 8.56. The van der Waals surface area contributed by atoms with E-state index in [1.165, 1.54) is 12.1 Å². The smallest absolute Gasteiger partial charge is 0.127 e. The molecule has 0 atom stereocenters. The molecule has 2 aromatic carbocycles. The van der Waals surface area contributed by atoms with Crippen LogP contribution in [0.3, 0.4) is 0 Å². The Bertz CT molecular complexity index is 737. The van der Waals surface area contributed by atoms with Crippen LogP contribution in [0.15, 0.2) is 54.6 Å². The van der Waals surface area contributed by atoms with E-state index in [-0.39, 0.29) is 11.9 Å². The third-order valence-corrected chi connectivity index (χ3v) is 5.32. The lowest BCUT2D eigenvalue weighted by atomic mass is 9.68. The summed E-state index contributed by atoms with van der Waals surface area (Å²) in [6, 6.07) is 13.7. The summed E-state index contributed by atoms with van der Waals surface area (Å²) in [6.45, 7) is 0.859. The van der Waals surface area contributed by atoms with Crippen LogP contribution in [-0.4, -0.2) is 19.3 Å². The molecule has 0 spiro atoms. The molecule has 1 fully saturated rings. The van der Waals surface area contributed by atoms with Crippen molar-refractivity contribution in [3.63, 3.8) is 0 Å². The van der Waals surface area contributed by atoms with Crippen LogP contribution in [0.4, 0.5) is 8.78 Å². The van der Waals surface area contributed by atoms with Gasteiger partial charge in [-0.2, -0.15) is 0 Å². The Labute approximate surface area is 153 Å². The first kappa shape index (κ1) is 18.7. The van der Waals surface area contributed by atoms with E-state index in [2.05, 4.69) is 0 Å².